The van der Waals surface area contributed by atoms with Crippen molar-refractivity contribution < 1.29 is 0 Å². The van der Waals surface area contributed by atoms with Crippen molar-refractivity contribution in [3.8, 4) is 0 Å². The first-order valence-corrected chi connectivity index (χ1v) is 5.39. The highest BCUT2D eigenvalue weighted by Crippen LogP contribution is 2.17. The van der Waals surface area contributed by atoms with E-state index in [2.05, 4.69) is 41.4 Å². The summed E-state index contributed by atoms with van der Waals surface area (Å²) < 4.78 is 2.22. The Balaban J connectivity index is 2.63. The van der Waals surface area contributed by atoms with Crippen LogP contribution in [0.3, 0.4) is 0 Å². The van der Waals surface area contributed by atoms with E-state index in [0.717, 1.165) is 17.8 Å². The summed E-state index contributed by atoms with van der Waals surface area (Å²) in [5, 5.41) is 0. The quantitative estimate of drug-likeness (QED) is 0.828. The molecule has 0 aliphatic heterocycles. The molecule has 2 rings (SSSR count). The summed E-state index contributed by atoms with van der Waals surface area (Å²) in [6.07, 6.45) is 2.82. The third kappa shape index (κ3) is 1.75. The van der Waals surface area contributed by atoms with Crippen LogP contribution in [0.5, 0.6) is 0 Å². The van der Waals surface area contributed by atoms with Crippen LogP contribution in [-0.2, 0) is 6.42 Å². The van der Waals surface area contributed by atoms with Crippen LogP contribution in [0.15, 0.2) is 24.4 Å². The average molecular weight is 203 g/mol. The van der Waals surface area contributed by atoms with E-state index in [1.807, 2.05) is 6.20 Å². The van der Waals surface area contributed by atoms with Crippen LogP contribution in [0.25, 0.3) is 5.52 Å². The zero-order chi connectivity index (χ0) is 10.8. The molecule has 3 nitrogen and oxygen atoms in total. The Labute approximate surface area is 89.9 Å². The molecule has 0 aliphatic carbocycles. The first-order chi connectivity index (χ1) is 7.24. The Bertz CT molecular complexity index is 457. The fourth-order valence-corrected chi connectivity index (χ4v) is 1.89. The number of hydrogen-bond donors (Lipinski definition) is 1. The van der Waals surface area contributed by atoms with Crippen molar-refractivity contribution in [2.45, 2.75) is 26.2 Å². The monoisotopic (exact) mass is 203 g/mol. The molecular weight excluding hydrogens is 186 g/mol. The Hall–Kier alpha value is -1.35. The second kappa shape index (κ2) is 4.03. The maximum absolute atomic E-state index is 5.61. The van der Waals surface area contributed by atoms with Gasteiger partial charge >= 0.3 is 0 Å². The SMILES string of the molecule is CC(C)c1ncc2cccc(CCN)n12. The van der Waals surface area contributed by atoms with Gasteiger partial charge in [-0.05, 0) is 18.7 Å². The number of fused-ring (bicyclic) bond motifs is 1. The van der Waals surface area contributed by atoms with Crippen molar-refractivity contribution in [2.24, 2.45) is 5.73 Å². The highest BCUT2D eigenvalue weighted by molar-refractivity contribution is 5.47. The zero-order valence-electron chi connectivity index (χ0n) is 9.27. The minimum Gasteiger partial charge on any atom is -0.330 e. The molecule has 0 aliphatic rings. The van der Waals surface area contributed by atoms with Crippen molar-refractivity contribution >= 4 is 5.52 Å². The Morgan fingerprint density at radius 1 is 1.40 bits per heavy atom. The van der Waals surface area contributed by atoms with Crippen LogP contribution in [-0.4, -0.2) is 15.9 Å². The predicted molar refractivity (Wildman–Crippen MR) is 62.0 cm³/mol. The lowest BCUT2D eigenvalue weighted by Gasteiger charge is -2.09. The molecule has 0 amide bonds. The van der Waals surface area contributed by atoms with E-state index in [1.54, 1.807) is 0 Å². The fourth-order valence-electron chi connectivity index (χ4n) is 1.89. The first-order valence-electron chi connectivity index (χ1n) is 5.39. The summed E-state index contributed by atoms with van der Waals surface area (Å²) in [5.41, 5.74) is 8.02. The summed E-state index contributed by atoms with van der Waals surface area (Å²) in [6, 6.07) is 6.26. The minimum absolute atomic E-state index is 0.437. The van der Waals surface area contributed by atoms with Gasteiger partial charge in [-0.15, -0.1) is 0 Å². The summed E-state index contributed by atoms with van der Waals surface area (Å²) in [5.74, 6) is 1.56. The molecule has 0 saturated heterocycles. The highest BCUT2D eigenvalue weighted by Gasteiger charge is 2.09. The molecule has 0 saturated carbocycles. The van der Waals surface area contributed by atoms with E-state index >= 15 is 0 Å². The number of nitrogens with zero attached hydrogens (tertiary/aromatic N) is 2. The Kier molecular flexibility index (Phi) is 2.73. The van der Waals surface area contributed by atoms with Crippen molar-refractivity contribution in [2.75, 3.05) is 6.54 Å². The van der Waals surface area contributed by atoms with Gasteiger partial charge in [0.1, 0.15) is 5.82 Å². The fraction of sp³-hybridized carbons (Fsp3) is 0.417. The van der Waals surface area contributed by atoms with Gasteiger partial charge < -0.3 is 10.1 Å². The maximum atomic E-state index is 5.61. The van der Waals surface area contributed by atoms with Crippen LogP contribution in [0.1, 0.15) is 31.3 Å². The number of rotatable bonds is 3. The number of aromatic nitrogens is 2. The molecule has 0 bridgehead atoms. The molecule has 0 fully saturated rings. The Morgan fingerprint density at radius 3 is 2.87 bits per heavy atom. The van der Waals surface area contributed by atoms with Gasteiger partial charge in [0, 0.05) is 18.0 Å². The van der Waals surface area contributed by atoms with Gasteiger partial charge in [0.05, 0.1) is 11.7 Å². The molecule has 2 N–H and O–H groups in total. The summed E-state index contributed by atoms with van der Waals surface area (Å²) >= 11 is 0. The summed E-state index contributed by atoms with van der Waals surface area (Å²) in [6.45, 7) is 5.00. The lowest BCUT2D eigenvalue weighted by Crippen LogP contribution is -2.09. The van der Waals surface area contributed by atoms with Crippen molar-refractivity contribution in [3.63, 3.8) is 0 Å². The molecule has 2 aromatic rings. The smallest absolute Gasteiger partial charge is 0.116 e. The van der Waals surface area contributed by atoms with E-state index in [-0.39, 0.29) is 0 Å². The standard InChI is InChI=1S/C12H17N3/c1-9(2)12-14-8-11-5-3-4-10(6-7-13)15(11)12/h3-5,8-9H,6-7,13H2,1-2H3. The van der Waals surface area contributed by atoms with E-state index in [0.29, 0.717) is 12.5 Å². The van der Waals surface area contributed by atoms with Crippen molar-refractivity contribution in [3.05, 3.63) is 35.9 Å². The number of pyridine rings is 1. The lowest BCUT2D eigenvalue weighted by atomic mass is 10.2. The molecule has 2 aromatic heterocycles. The Morgan fingerprint density at radius 2 is 2.20 bits per heavy atom. The normalized spacial score (nSPS) is 11.5. The molecule has 80 valence electrons. The topological polar surface area (TPSA) is 43.3 Å². The van der Waals surface area contributed by atoms with Gasteiger partial charge in [0.25, 0.3) is 0 Å². The number of hydrogen-bond acceptors (Lipinski definition) is 2. The van der Waals surface area contributed by atoms with Crippen LogP contribution in [0.2, 0.25) is 0 Å². The van der Waals surface area contributed by atoms with Gasteiger partial charge in [0.2, 0.25) is 0 Å². The number of nitrogens with two attached hydrogens (primary N) is 1. The van der Waals surface area contributed by atoms with Gasteiger partial charge in [-0.2, -0.15) is 0 Å². The predicted octanol–water partition coefficient (Wildman–Crippen LogP) is 1.96. The molecule has 0 spiro atoms. The van der Waals surface area contributed by atoms with E-state index < -0.39 is 0 Å². The molecule has 15 heavy (non-hydrogen) atoms. The third-order valence-corrected chi connectivity index (χ3v) is 2.58. The zero-order valence-corrected chi connectivity index (χ0v) is 9.27. The number of imidazole rings is 1. The lowest BCUT2D eigenvalue weighted by molar-refractivity contribution is 0.747. The third-order valence-electron chi connectivity index (χ3n) is 2.58. The molecular formula is C12H17N3. The van der Waals surface area contributed by atoms with Crippen LogP contribution in [0.4, 0.5) is 0 Å². The second-order valence-corrected chi connectivity index (χ2v) is 4.09. The first kappa shape index (κ1) is 10.2. The van der Waals surface area contributed by atoms with Crippen LogP contribution >= 0.6 is 0 Å². The molecule has 3 heteroatoms. The van der Waals surface area contributed by atoms with Crippen molar-refractivity contribution in [1.29, 1.82) is 0 Å². The van der Waals surface area contributed by atoms with Gasteiger partial charge in [-0.3, -0.25) is 0 Å². The van der Waals surface area contributed by atoms with E-state index in [4.69, 9.17) is 5.73 Å². The van der Waals surface area contributed by atoms with Crippen molar-refractivity contribution in [1.82, 2.24) is 9.38 Å². The molecule has 0 aromatic carbocycles. The highest BCUT2D eigenvalue weighted by atomic mass is 15.0. The van der Waals surface area contributed by atoms with E-state index in [9.17, 15) is 0 Å². The van der Waals surface area contributed by atoms with Gasteiger partial charge in [-0.1, -0.05) is 19.9 Å². The molecule has 0 unspecified atom stereocenters. The minimum atomic E-state index is 0.437. The van der Waals surface area contributed by atoms with E-state index in [1.165, 1.54) is 5.69 Å². The molecule has 0 atom stereocenters. The van der Waals surface area contributed by atoms with Gasteiger partial charge in [0.15, 0.2) is 0 Å². The molecule has 0 radical (unpaired) electrons. The van der Waals surface area contributed by atoms with Gasteiger partial charge in [-0.25, -0.2) is 4.98 Å². The maximum Gasteiger partial charge on any atom is 0.116 e. The summed E-state index contributed by atoms with van der Waals surface area (Å²) in [7, 11) is 0. The van der Waals surface area contributed by atoms with Crippen LogP contribution in [0, 0.1) is 0 Å². The largest absolute Gasteiger partial charge is 0.330 e. The van der Waals surface area contributed by atoms with Crippen LogP contribution < -0.4 is 5.73 Å². The summed E-state index contributed by atoms with van der Waals surface area (Å²) in [4.78, 5) is 4.46. The molecule has 2 heterocycles. The second-order valence-electron chi connectivity index (χ2n) is 4.09. The average Bonchev–Trinajstić information content (AvgIpc) is 2.62.